The number of hydrogen-bond acceptors (Lipinski definition) is 5. The van der Waals surface area contributed by atoms with Gasteiger partial charge in [-0.1, -0.05) is 24.3 Å². The number of amides is 2. The minimum Gasteiger partial charge on any atom is -0.484 e. The molecule has 33 heavy (non-hydrogen) atoms. The molecule has 1 aromatic carbocycles. The quantitative estimate of drug-likeness (QED) is 0.628. The maximum absolute atomic E-state index is 12.8. The molecule has 0 saturated carbocycles. The van der Waals surface area contributed by atoms with Crippen LogP contribution in [0, 0.1) is 6.92 Å². The molecule has 1 atom stereocenters. The van der Waals surface area contributed by atoms with Crippen LogP contribution in [0.3, 0.4) is 0 Å². The van der Waals surface area contributed by atoms with E-state index in [1.165, 1.54) is 0 Å². The fraction of sp³-hybridized carbons (Fsp3) is 0.308. The van der Waals surface area contributed by atoms with Gasteiger partial charge in [0.2, 0.25) is 0 Å². The molecule has 3 aromatic rings. The Morgan fingerprint density at radius 3 is 2.67 bits per heavy atom. The largest absolute Gasteiger partial charge is 0.484 e. The van der Waals surface area contributed by atoms with E-state index in [9.17, 15) is 9.59 Å². The second kappa shape index (κ2) is 10.3. The van der Waals surface area contributed by atoms with Crippen molar-refractivity contribution >= 4 is 11.8 Å². The van der Waals surface area contributed by atoms with Crippen molar-refractivity contribution in [2.45, 2.75) is 25.7 Å². The molecule has 1 aliphatic rings. The average molecular weight is 445 g/mol. The fourth-order valence-corrected chi connectivity index (χ4v) is 4.10. The van der Waals surface area contributed by atoms with Gasteiger partial charge in [0.15, 0.2) is 6.61 Å². The second-order valence-corrected chi connectivity index (χ2v) is 8.21. The number of rotatable bonds is 6. The first-order valence-corrected chi connectivity index (χ1v) is 11.2. The molecule has 1 aliphatic heterocycles. The number of nitrogens with one attached hydrogen (secondary N) is 1. The Hall–Kier alpha value is -3.74. The molecule has 2 amide bonds. The number of benzene rings is 1. The Balaban J connectivity index is 1.46. The van der Waals surface area contributed by atoms with Gasteiger partial charge >= 0.3 is 0 Å². The Morgan fingerprint density at radius 2 is 1.94 bits per heavy atom. The number of carbonyl (C=O) groups excluding carboxylic acids is 2. The number of hydrogen-bond donors (Lipinski definition) is 1. The summed E-state index contributed by atoms with van der Waals surface area (Å²) < 4.78 is 5.65. The van der Waals surface area contributed by atoms with Crippen LogP contribution in [0.5, 0.6) is 5.75 Å². The first-order valence-electron chi connectivity index (χ1n) is 11.2. The molecule has 0 bridgehead atoms. The van der Waals surface area contributed by atoms with Crippen molar-refractivity contribution in [3.05, 3.63) is 77.9 Å². The van der Waals surface area contributed by atoms with Crippen LogP contribution >= 0.6 is 0 Å². The van der Waals surface area contributed by atoms with E-state index in [4.69, 9.17) is 9.72 Å². The van der Waals surface area contributed by atoms with Gasteiger partial charge in [0.05, 0.1) is 0 Å². The van der Waals surface area contributed by atoms with Crippen molar-refractivity contribution in [3.8, 4) is 16.9 Å². The number of aryl methyl sites for hydroxylation is 1. The third-order valence-corrected chi connectivity index (χ3v) is 5.83. The Bertz CT molecular complexity index is 1120. The maximum atomic E-state index is 12.8. The van der Waals surface area contributed by atoms with Crippen LogP contribution in [0.2, 0.25) is 0 Å². The first-order chi connectivity index (χ1) is 16.0. The number of carbonyl (C=O) groups is 2. The van der Waals surface area contributed by atoms with Gasteiger partial charge in [-0.05, 0) is 55.7 Å². The van der Waals surface area contributed by atoms with Crippen LogP contribution in [0.15, 0.2) is 60.8 Å². The normalized spacial score (nSPS) is 15.7. The third-order valence-electron chi connectivity index (χ3n) is 5.83. The van der Waals surface area contributed by atoms with Crippen molar-refractivity contribution in [1.29, 1.82) is 0 Å². The fourth-order valence-electron chi connectivity index (χ4n) is 4.10. The maximum Gasteiger partial charge on any atom is 0.269 e. The molecule has 0 radical (unpaired) electrons. The van der Waals surface area contributed by atoms with E-state index in [0.717, 1.165) is 41.9 Å². The molecular formula is C26H28N4O3. The lowest BCUT2D eigenvalue weighted by atomic mass is 9.92. The van der Waals surface area contributed by atoms with Crippen LogP contribution in [0.25, 0.3) is 11.1 Å². The zero-order valence-electron chi connectivity index (χ0n) is 19.0. The predicted molar refractivity (Wildman–Crippen MR) is 126 cm³/mol. The minimum absolute atomic E-state index is 0.00887. The predicted octanol–water partition coefficient (Wildman–Crippen LogP) is 3.60. The monoisotopic (exact) mass is 444 g/mol. The number of nitrogens with zero attached hydrogens (tertiary/aromatic N) is 3. The lowest BCUT2D eigenvalue weighted by molar-refractivity contribution is -0.134. The van der Waals surface area contributed by atoms with Gasteiger partial charge in [0, 0.05) is 49.2 Å². The van der Waals surface area contributed by atoms with Gasteiger partial charge in [-0.3, -0.25) is 19.6 Å². The van der Waals surface area contributed by atoms with Crippen molar-refractivity contribution in [1.82, 2.24) is 20.2 Å². The van der Waals surface area contributed by atoms with E-state index >= 15 is 0 Å². The molecule has 1 saturated heterocycles. The lowest BCUT2D eigenvalue weighted by Crippen LogP contribution is -2.41. The van der Waals surface area contributed by atoms with Gasteiger partial charge in [-0.25, -0.2) is 0 Å². The van der Waals surface area contributed by atoms with E-state index < -0.39 is 0 Å². The molecular weight excluding hydrogens is 416 g/mol. The van der Waals surface area contributed by atoms with Gasteiger partial charge in [0.1, 0.15) is 11.4 Å². The molecule has 0 aliphatic carbocycles. The number of pyridine rings is 2. The highest BCUT2D eigenvalue weighted by atomic mass is 16.5. The molecule has 0 spiro atoms. The first kappa shape index (κ1) is 22.5. The number of likely N-dealkylation sites (tertiary alicyclic amines) is 1. The minimum atomic E-state index is -0.212. The number of ether oxygens (including phenoxy) is 1. The highest BCUT2D eigenvalue weighted by molar-refractivity contribution is 5.92. The highest BCUT2D eigenvalue weighted by Crippen LogP contribution is 2.29. The average Bonchev–Trinajstić information content (AvgIpc) is 2.87. The number of piperidine rings is 1. The topological polar surface area (TPSA) is 84.4 Å². The van der Waals surface area contributed by atoms with Crippen LogP contribution < -0.4 is 10.1 Å². The summed E-state index contributed by atoms with van der Waals surface area (Å²) >= 11 is 0. The van der Waals surface area contributed by atoms with E-state index in [1.807, 2.05) is 54.3 Å². The van der Waals surface area contributed by atoms with E-state index in [-0.39, 0.29) is 24.3 Å². The summed E-state index contributed by atoms with van der Waals surface area (Å²) in [6.07, 6.45) is 3.61. The Morgan fingerprint density at radius 1 is 1.12 bits per heavy atom. The van der Waals surface area contributed by atoms with Gasteiger partial charge in [-0.15, -0.1) is 0 Å². The van der Waals surface area contributed by atoms with E-state index in [0.29, 0.717) is 18.0 Å². The molecule has 1 fully saturated rings. The van der Waals surface area contributed by atoms with E-state index in [1.54, 1.807) is 19.3 Å². The molecule has 7 heteroatoms. The van der Waals surface area contributed by atoms with Crippen molar-refractivity contribution in [2.24, 2.45) is 0 Å². The second-order valence-electron chi connectivity index (χ2n) is 8.21. The van der Waals surface area contributed by atoms with Gasteiger partial charge in [0.25, 0.3) is 11.8 Å². The molecule has 170 valence electrons. The standard InChI is InChI=1S/C26H28N4O3/c1-18-13-21(19-10-11-23(28-15-19)26(32)27-2)14-24(29-18)20-7-6-12-30(16-20)25(31)17-33-22-8-4-3-5-9-22/h3-5,8-11,13-15,20H,6-7,12,16-17H2,1-2H3,(H,27,32). The summed E-state index contributed by atoms with van der Waals surface area (Å²) in [7, 11) is 1.59. The third kappa shape index (κ3) is 5.55. The summed E-state index contributed by atoms with van der Waals surface area (Å²) in [5.74, 6) is 0.637. The summed E-state index contributed by atoms with van der Waals surface area (Å²) in [5.41, 5.74) is 4.20. The summed E-state index contributed by atoms with van der Waals surface area (Å²) in [4.78, 5) is 35.4. The van der Waals surface area contributed by atoms with Crippen LogP contribution in [-0.4, -0.2) is 53.4 Å². The number of aromatic nitrogens is 2. The zero-order valence-corrected chi connectivity index (χ0v) is 19.0. The van der Waals surface area contributed by atoms with Crippen LogP contribution in [0.4, 0.5) is 0 Å². The smallest absolute Gasteiger partial charge is 0.269 e. The summed E-state index contributed by atoms with van der Waals surface area (Å²) in [6.45, 7) is 3.36. The van der Waals surface area contributed by atoms with Crippen molar-refractivity contribution in [2.75, 3.05) is 26.7 Å². The lowest BCUT2D eigenvalue weighted by Gasteiger charge is -2.32. The zero-order chi connectivity index (χ0) is 23.2. The van der Waals surface area contributed by atoms with Crippen LogP contribution in [0.1, 0.15) is 40.6 Å². The SMILES string of the molecule is CNC(=O)c1ccc(-c2cc(C)nc(C3CCCN(C(=O)COc4ccccc4)C3)c2)cn1. The molecule has 4 rings (SSSR count). The van der Waals surface area contributed by atoms with Gasteiger partial charge < -0.3 is 15.0 Å². The summed E-state index contributed by atoms with van der Waals surface area (Å²) in [6, 6.07) is 17.1. The Kier molecular flexibility index (Phi) is 6.98. The highest BCUT2D eigenvalue weighted by Gasteiger charge is 2.26. The summed E-state index contributed by atoms with van der Waals surface area (Å²) in [5, 5.41) is 2.58. The Labute approximate surface area is 193 Å². The van der Waals surface area contributed by atoms with Gasteiger partial charge in [-0.2, -0.15) is 0 Å². The van der Waals surface area contributed by atoms with Crippen molar-refractivity contribution in [3.63, 3.8) is 0 Å². The molecule has 1 N–H and O–H groups in total. The molecule has 3 heterocycles. The molecule has 2 aromatic heterocycles. The molecule has 1 unspecified atom stereocenters. The molecule has 7 nitrogen and oxygen atoms in total. The van der Waals surface area contributed by atoms with E-state index in [2.05, 4.69) is 16.4 Å². The van der Waals surface area contributed by atoms with Crippen molar-refractivity contribution < 1.29 is 14.3 Å². The van der Waals surface area contributed by atoms with Crippen LogP contribution in [-0.2, 0) is 4.79 Å². The number of para-hydroxylation sites is 1.